The highest BCUT2D eigenvalue weighted by Crippen LogP contribution is 2.32. The lowest BCUT2D eigenvalue weighted by Crippen LogP contribution is -2.37. The summed E-state index contributed by atoms with van der Waals surface area (Å²) in [6.07, 6.45) is 4.10. The van der Waals surface area contributed by atoms with Gasteiger partial charge < -0.3 is 4.74 Å². The number of ether oxygens (including phenoxy) is 1. The lowest BCUT2D eigenvalue weighted by molar-refractivity contribution is 0.0915. The summed E-state index contributed by atoms with van der Waals surface area (Å²) in [4.78, 5) is 21.0. The number of aromatic nitrogens is 1. The highest BCUT2D eigenvalue weighted by Gasteiger charge is 2.28. The molecule has 1 atom stereocenters. The van der Waals surface area contributed by atoms with Crippen LogP contribution in [0.5, 0.6) is 0 Å². The Bertz CT molecular complexity index is 964. The molecule has 0 aliphatic carbocycles. The fourth-order valence-electron chi connectivity index (χ4n) is 3.34. The Morgan fingerprint density at radius 1 is 1.33 bits per heavy atom. The van der Waals surface area contributed by atoms with Crippen LogP contribution in [0, 0.1) is 6.92 Å². The van der Waals surface area contributed by atoms with Gasteiger partial charge in [0.05, 0.1) is 28.4 Å². The number of hydrogen-bond acceptors (Lipinski definition) is 5. The van der Waals surface area contributed by atoms with E-state index in [0.717, 1.165) is 45.3 Å². The van der Waals surface area contributed by atoms with Crippen LogP contribution in [0.3, 0.4) is 0 Å². The summed E-state index contributed by atoms with van der Waals surface area (Å²) in [6, 6.07) is 14.0. The molecule has 1 aliphatic rings. The second kappa shape index (κ2) is 8.00. The molecular weight excluding hydrogens is 376 g/mol. The van der Waals surface area contributed by atoms with E-state index in [1.165, 1.54) is 5.56 Å². The molecule has 2 aromatic carbocycles. The van der Waals surface area contributed by atoms with Crippen LogP contribution in [-0.2, 0) is 4.74 Å². The molecule has 1 amide bonds. The molecule has 1 saturated heterocycles. The van der Waals surface area contributed by atoms with E-state index >= 15 is 0 Å². The van der Waals surface area contributed by atoms with E-state index < -0.39 is 0 Å². The van der Waals surface area contributed by atoms with Crippen LogP contribution in [0.1, 0.15) is 28.8 Å². The van der Waals surface area contributed by atoms with Crippen LogP contribution < -0.4 is 4.90 Å². The van der Waals surface area contributed by atoms with Crippen molar-refractivity contribution in [1.82, 2.24) is 4.98 Å². The minimum Gasteiger partial charge on any atom is -0.376 e. The Morgan fingerprint density at radius 2 is 2.19 bits per heavy atom. The molecule has 0 radical (unpaired) electrons. The van der Waals surface area contributed by atoms with Gasteiger partial charge in [-0.1, -0.05) is 29.5 Å². The van der Waals surface area contributed by atoms with Gasteiger partial charge in [0.2, 0.25) is 0 Å². The van der Waals surface area contributed by atoms with Gasteiger partial charge in [-0.25, -0.2) is 4.98 Å². The minimum atomic E-state index is -0.00812. The van der Waals surface area contributed by atoms with E-state index in [1.807, 2.05) is 41.5 Å². The molecule has 0 saturated carbocycles. The summed E-state index contributed by atoms with van der Waals surface area (Å²) in [5.74, 6) is -0.00812. The van der Waals surface area contributed by atoms with Gasteiger partial charge in [0.25, 0.3) is 5.91 Å². The lowest BCUT2D eigenvalue weighted by Gasteiger charge is -2.24. The summed E-state index contributed by atoms with van der Waals surface area (Å²) in [6.45, 7) is 3.39. The molecule has 1 fully saturated rings. The van der Waals surface area contributed by atoms with E-state index in [1.54, 1.807) is 23.1 Å². The van der Waals surface area contributed by atoms with Crippen LogP contribution in [-0.4, -0.2) is 36.4 Å². The van der Waals surface area contributed by atoms with Crippen molar-refractivity contribution in [2.45, 2.75) is 30.8 Å². The van der Waals surface area contributed by atoms with Gasteiger partial charge in [-0.2, -0.15) is 0 Å². The Kier molecular flexibility index (Phi) is 5.48. The van der Waals surface area contributed by atoms with Gasteiger partial charge in [0, 0.05) is 11.5 Å². The molecule has 27 heavy (non-hydrogen) atoms. The fraction of sp³-hybridized carbons (Fsp3) is 0.333. The quantitative estimate of drug-likeness (QED) is 0.557. The monoisotopic (exact) mass is 398 g/mol. The maximum absolute atomic E-state index is 13.5. The topological polar surface area (TPSA) is 42.4 Å². The van der Waals surface area contributed by atoms with Crippen molar-refractivity contribution in [2.75, 3.05) is 24.3 Å². The number of hydrogen-bond donors (Lipinski definition) is 0. The van der Waals surface area contributed by atoms with Crippen LogP contribution in [0.4, 0.5) is 5.13 Å². The number of thioether (sulfide) groups is 1. The number of rotatable bonds is 5. The van der Waals surface area contributed by atoms with Gasteiger partial charge in [-0.15, -0.1) is 11.8 Å². The summed E-state index contributed by atoms with van der Waals surface area (Å²) in [7, 11) is 0. The van der Waals surface area contributed by atoms with Gasteiger partial charge >= 0.3 is 0 Å². The third-order valence-corrected chi connectivity index (χ3v) is 6.59. The number of amides is 1. The van der Waals surface area contributed by atoms with Gasteiger partial charge in [-0.05, 0) is 55.9 Å². The Labute approximate surface area is 167 Å². The first-order valence-corrected chi connectivity index (χ1v) is 11.1. The van der Waals surface area contributed by atoms with E-state index in [9.17, 15) is 4.79 Å². The summed E-state index contributed by atoms with van der Waals surface area (Å²) >= 11 is 3.16. The van der Waals surface area contributed by atoms with Crippen LogP contribution in [0.25, 0.3) is 10.2 Å². The van der Waals surface area contributed by atoms with E-state index in [4.69, 9.17) is 9.72 Å². The van der Waals surface area contributed by atoms with E-state index in [-0.39, 0.29) is 12.0 Å². The van der Waals surface area contributed by atoms with Crippen LogP contribution in [0.2, 0.25) is 0 Å². The number of thiazole rings is 1. The maximum Gasteiger partial charge on any atom is 0.261 e. The molecule has 4 rings (SSSR count). The first-order chi connectivity index (χ1) is 13.2. The standard InChI is InChI=1S/C21H22N2O2S2/c1-14-9-10-17-19(12-14)27-21(22-17)23(13-15-6-5-11-25-15)20(24)16-7-3-4-8-18(16)26-2/h3-4,7-10,12,15H,5-6,11,13H2,1-2H3. The SMILES string of the molecule is CSc1ccccc1C(=O)N(CC1CCCO1)c1nc2ccc(C)cc2s1. The van der Waals surface area contributed by atoms with Crippen molar-refractivity contribution in [2.24, 2.45) is 0 Å². The zero-order valence-electron chi connectivity index (χ0n) is 15.5. The second-order valence-electron chi connectivity index (χ2n) is 6.72. The summed E-state index contributed by atoms with van der Waals surface area (Å²) in [5, 5.41) is 0.743. The molecule has 0 spiro atoms. The predicted molar refractivity (Wildman–Crippen MR) is 113 cm³/mol. The van der Waals surface area contributed by atoms with Crippen molar-refractivity contribution in [3.05, 3.63) is 53.6 Å². The Hall–Kier alpha value is -1.89. The van der Waals surface area contributed by atoms with Crippen molar-refractivity contribution in [3.8, 4) is 0 Å². The minimum absolute atomic E-state index is 0.00812. The van der Waals surface area contributed by atoms with E-state index in [0.29, 0.717) is 6.54 Å². The van der Waals surface area contributed by atoms with Crippen molar-refractivity contribution < 1.29 is 9.53 Å². The zero-order chi connectivity index (χ0) is 18.8. The first-order valence-electron chi connectivity index (χ1n) is 9.09. The molecule has 0 bridgehead atoms. The number of carbonyl (C=O) groups excluding carboxylic acids is 1. The highest BCUT2D eigenvalue weighted by molar-refractivity contribution is 7.98. The predicted octanol–water partition coefficient (Wildman–Crippen LogP) is 5.15. The fourth-order valence-corrected chi connectivity index (χ4v) is 5.00. The Balaban J connectivity index is 1.74. The maximum atomic E-state index is 13.5. The van der Waals surface area contributed by atoms with Crippen molar-refractivity contribution in [1.29, 1.82) is 0 Å². The van der Waals surface area contributed by atoms with Crippen LogP contribution >= 0.6 is 23.1 Å². The average molecular weight is 399 g/mol. The molecular formula is C21H22N2O2S2. The number of aryl methyl sites for hydroxylation is 1. The van der Waals surface area contributed by atoms with Gasteiger partial charge in [0.1, 0.15) is 0 Å². The molecule has 4 nitrogen and oxygen atoms in total. The number of benzene rings is 2. The molecule has 140 valence electrons. The van der Waals surface area contributed by atoms with E-state index in [2.05, 4.69) is 19.1 Å². The smallest absolute Gasteiger partial charge is 0.261 e. The normalized spacial score (nSPS) is 16.7. The molecule has 6 heteroatoms. The number of anilines is 1. The van der Waals surface area contributed by atoms with Crippen molar-refractivity contribution in [3.63, 3.8) is 0 Å². The average Bonchev–Trinajstić information content (AvgIpc) is 3.34. The lowest BCUT2D eigenvalue weighted by atomic mass is 10.1. The number of carbonyl (C=O) groups is 1. The zero-order valence-corrected chi connectivity index (χ0v) is 17.1. The van der Waals surface area contributed by atoms with Gasteiger partial charge in [0.15, 0.2) is 5.13 Å². The molecule has 1 aliphatic heterocycles. The number of nitrogens with zero attached hydrogens (tertiary/aromatic N) is 2. The third kappa shape index (κ3) is 3.88. The molecule has 3 aromatic rings. The van der Waals surface area contributed by atoms with Crippen LogP contribution in [0.15, 0.2) is 47.4 Å². The molecule has 2 heterocycles. The number of fused-ring (bicyclic) bond motifs is 1. The highest BCUT2D eigenvalue weighted by atomic mass is 32.2. The summed E-state index contributed by atoms with van der Waals surface area (Å²) in [5.41, 5.74) is 2.85. The Morgan fingerprint density at radius 3 is 2.96 bits per heavy atom. The second-order valence-corrected chi connectivity index (χ2v) is 8.58. The molecule has 0 N–H and O–H groups in total. The largest absolute Gasteiger partial charge is 0.376 e. The van der Waals surface area contributed by atoms with Gasteiger partial charge in [-0.3, -0.25) is 9.69 Å². The summed E-state index contributed by atoms with van der Waals surface area (Å²) < 4.78 is 6.92. The molecule has 1 unspecified atom stereocenters. The first kappa shape index (κ1) is 18.5. The third-order valence-electron chi connectivity index (χ3n) is 4.76. The molecule has 1 aromatic heterocycles. The van der Waals surface area contributed by atoms with Crippen molar-refractivity contribution >= 4 is 44.4 Å².